The van der Waals surface area contributed by atoms with Crippen LogP contribution in [0.4, 0.5) is 11.8 Å². The van der Waals surface area contributed by atoms with Crippen LogP contribution in [0.2, 0.25) is 0 Å². The van der Waals surface area contributed by atoms with Gasteiger partial charge in [-0.15, -0.1) is 11.3 Å². The van der Waals surface area contributed by atoms with Gasteiger partial charge in [0, 0.05) is 13.1 Å². The van der Waals surface area contributed by atoms with E-state index in [0.29, 0.717) is 53.9 Å². The van der Waals surface area contributed by atoms with Gasteiger partial charge in [-0.1, -0.05) is 0 Å². The molecule has 1 saturated heterocycles. The van der Waals surface area contributed by atoms with Crippen LogP contribution in [0.5, 0.6) is 0 Å². The Morgan fingerprint density at radius 2 is 2.04 bits per heavy atom. The zero-order valence-electron chi connectivity index (χ0n) is 12.7. The van der Waals surface area contributed by atoms with E-state index in [4.69, 9.17) is 10.5 Å². The van der Waals surface area contributed by atoms with Gasteiger partial charge in [-0.3, -0.25) is 4.79 Å². The Morgan fingerprint density at radius 1 is 1.21 bits per heavy atom. The predicted octanol–water partition coefficient (Wildman–Crippen LogP) is 1.38. The second-order valence-corrected chi connectivity index (χ2v) is 6.37. The first-order chi connectivity index (χ1) is 11.7. The SMILES string of the molecule is Nc1nc(N2CCOCC2)c2nc(-c3ccc(C=O)s3)cnc2n1. The third-order valence-electron chi connectivity index (χ3n) is 3.71. The molecule has 0 saturated carbocycles. The van der Waals surface area contributed by atoms with Crippen LogP contribution in [-0.4, -0.2) is 52.5 Å². The average molecular weight is 342 g/mol. The number of nitrogens with zero attached hydrogens (tertiary/aromatic N) is 5. The summed E-state index contributed by atoms with van der Waals surface area (Å²) in [6, 6.07) is 3.62. The molecule has 122 valence electrons. The summed E-state index contributed by atoms with van der Waals surface area (Å²) in [7, 11) is 0. The van der Waals surface area contributed by atoms with Gasteiger partial charge in [0.25, 0.3) is 0 Å². The zero-order valence-corrected chi connectivity index (χ0v) is 13.5. The molecular formula is C15H14N6O2S. The van der Waals surface area contributed by atoms with Crippen molar-refractivity contribution in [2.75, 3.05) is 36.9 Å². The van der Waals surface area contributed by atoms with E-state index in [1.807, 2.05) is 6.07 Å². The van der Waals surface area contributed by atoms with E-state index in [1.165, 1.54) is 11.3 Å². The van der Waals surface area contributed by atoms with Crippen molar-refractivity contribution in [1.82, 2.24) is 19.9 Å². The summed E-state index contributed by atoms with van der Waals surface area (Å²) in [5.74, 6) is 0.840. The first-order valence-electron chi connectivity index (χ1n) is 7.43. The summed E-state index contributed by atoms with van der Waals surface area (Å²) < 4.78 is 5.39. The van der Waals surface area contributed by atoms with Crippen LogP contribution < -0.4 is 10.6 Å². The van der Waals surface area contributed by atoms with Gasteiger partial charge in [0.2, 0.25) is 5.95 Å². The van der Waals surface area contributed by atoms with Crippen molar-refractivity contribution < 1.29 is 9.53 Å². The van der Waals surface area contributed by atoms with Crippen molar-refractivity contribution in [3.8, 4) is 10.6 Å². The van der Waals surface area contributed by atoms with E-state index in [2.05, 4.69) is 24.8 Å². The maximum Gasteiger partial charge on any atom is 0.224 e. The monoisotopic (exact) mass is 342 g/mol. The van der Waals surface area contributed by atoms with Gasteiger partial charge in [0.1, 0.15) is 0 Å². The lowest BCUT2D eigenvalue weighted by Gasteiger charge is -2.28. The molecule has 0 amide bonds. The minimum Gasteiger partial charge on any atom is -0.378 e. The summed E-state index contributed by atoms with van der Waals surface area (Å²) in [6.45, 7) is 2.69. The van der Waals surface area contributed by atoms with Crippen LogP contribution in [0.1, 0.15) is 9.67 Å². The van der Waals surface area contributed by atoms with E-state index in [1.54, 1.807) is 12.3 Å². The lowest BCUT2D eigenvalue weighted by Crippen LogP contribution is -2.37. The standard InChI is InChI=1S/C15H14N6O2S/c16-15-19-13-12(14(20-15)21-3-5-23-6-4-21)18-10(7-17-13)11-2-1-9(8-22)24-11/h1-2,7-8H,3-6H2,(H2,16,17,19,20). The average Bonchev–Trinajstić information content (AvgIpc) is 3.10. The second kappa shape index (κ2) is 6.10. The summed E-state index contributed by atoms with van der Waals surface area (Å²) >= 11 is 1.37. The minimum absolute atomic E-state index is 0.172. The van der Waals surface area contributed by atoms with Crippen LogP contribution >= 0.6 is 11.3 Å². The number of anilines is 2. The molecule has 4 rings (SSSR count). The van der Waals surface area contributed by atoms with Gasteiger partial charge in [0.15, 0.2) is 23.3 Å². The van der Waals surface area contributed by atoms with Gasteiger partial charge in [-0.05, 0) is 12.1 Å². The Kier molecular flexibility index (Phi) is 3.79. The lowest BCUT2D eigenvalue weighted by molar-refractivity contribution is 0.112. The minimum atomic E-state index is 0.172. The quantitative estimate of drug-likeness (QED) is 0.711. The van der Waals surface area contributed by atoms with Crippen molar-refractivity contribution in [3.63, 3.8) is 0 Å². The molecule has 4 heterocycles. The highest BCUT2D eigenvalue weighted by Gasteiger charge is 2.19. The van der Waals surface area contributed by atoms with Gasteiger partial charge in [0.05, 0.1) is 34.9 Å². The van der Waals surface area contributed by atoms with Crippen LogP contribution in [0.3, 0.4) is 0 Å². The van der Waals surface area contributed by atoms with Crippen molar-refractivity contribution in [2.24, 2.45) is 0 Å². The van der Waals surface area contributed by atoms with Crippen LogP contribution in [-0.2, 0) is 4.74 Å². The Labute approximate surface area is 141 Å². The predicted molar refractivity (Wildman–Crippen MR) is 91.3 cm³/mol. The Bertz CT molecular complexity index is 906. The number of hydrogen-bond donors (Lipinski definition) is 1. The number of hydrogen-bond acceptors (Lipinski definition) is 9. The molecule has 0 bridgehead atoms. The zero-order chi connectivity index (χ0) is 16.5. The molecule has 0 atom stereocenters. The maximum atomic E-state index is 10.9. The van der Waals surface area contributed by atoms with E-state index in [9.17, 15) is 4.79 Å². The summed E-state index contributed by atoms with van der Waals surface area (Å²) in [4.78, 5) is 32.1. The van der Waals surface area contributed by atoms with E-state index in [0.717, 1.165) is 11.2 Å². The number of aldehydes is 1. The number of morpholine rings is 1. The highest BCUT2D eigenvalue weighted by molar-refractivity contribution is 7.17. The van der Waals surface area contributed by atoms with Crippen molar-refractivity contribution in [1.29, 1.82) is 0 Å². The summed E-state index contributed by atoms with van der Waals surface area (Å²) in [5.41, 5.74) is 7.56. The molecule has 1 aliphatic heterocycles. The molecule has 9 heteroatoms. The first kappa shape index (κ1) is 14.9. The number of ether oxygens (including phenoxy) is 1. The largest absolute Gasteiger partial charge is 0.378 e. The summed E-state index contributed by atoms with van der Waals surface area (Å²) in [6.07, 6.45) is 2.46. The fraction of sp³-hybridized carbons (Fsp3) is 0.267. The molecule has 3 aromatic heterocycles. The van der Waals surface area contributed by atoms with Gasteiger partial charge in [-0.2, -0.15) is 9.97 Å². The molecular weight excluding hydrogens is 328 g/mol. The van der Waals surface area contributed by atoms with Gasteiger partial charge < -0.3 is 15.4 Å². The number of rotatable bonds is 3. The smallest absolute Gasteiger partial charge is 0.224 e. The Morgan fingerprint density at radius 3 is 2.79 bits per heavy atom. The van der Waals surface area contributed by atoms with Crippen molar-refractivity contribution in [2.45, 2.75) is 0 Å². The lowest BCUT2D eigenvalue weighted by atomic mass is 10.3. The van der Waals surface area contributed by atoms with Crippen molar-refractivity contribution >= 4 is 40.6 Å². The summed E-state index contributed by atoms with van der Waals surface area (Å²) in [5, 5.41) is 0. The normalized spacial score (nSPS) is 14.9. The second-order valence-electron chi connectivity index (χ2n) is 5.25. The number of nitrogen functional groups attached to an aromatic ring is 1. The van der Waals surface area contributed by atoms with Gasteiger partial charge in [-0.25, -0.2) is 9.97 Å². The molecule has 2 N–H and O–H groups in total. The highest BCUT2D eigenvalue weighted by atomic mass is 32.1. The van der Waals surface area contributed by atoms with E-state index in [-0.39, 0.29) is 5.95 Å². The number of thiophene rings is 1. The molecule has 0 radical (unpaired) electrons. The number of nitrogens with two attached hydrogens (primary N) is 1. The van der Waals surface area contributed by atoms with E-state index < -0.39 is 0 Å². The number of aromatic nitrogens is 4. The number of carbonyl (C=O) groups excluding carboxylic acids is 1. The maximum absolute atomic E-state index is 10.9. The number of carbonyl (C=O) groups is 1. The third kappa shape index (κ3) is 2.68. The Balaban J connectivity index is 1.84. The number of fused-ring (bicyclic) bond motifs is 1. The van der Waals surface area contributed by atoms with Crippen LogP contribution in [0.15, 0.2) is 18.3 Å². The molecule has 3 aromatic rings. The molecule has 1 aliphatic rings. The first-order valence-corrected chi connectivity index (χ1v) is 8.24. The molecule has 0 unspecified atom stereocenters. The van der Waals surface area contributed by atoms with Gasteiger partial charge >= 0.3 is 0 Å². The molecule has 8 nitrogen and oxygen atoms in total. The van der Waals surface area contributed by atoms with Crippen LogP contribution in [0.25, 0.3) is 21.7 Å². The molecule has 0 aromatic carbocycles. The molecule has 0 aliphatic carbocycles. The fourth-order valence-corrected chi connectivity index (χ4v) is 3.35. The topological polar surface area (TPSA) is 107 Å². The highest BCUT2D eigenvalue weighted by Crippen LogP contribution is 2.29. The van der Waals surface area contributed by atoms with Crippen molar-refractivity contribution in [3.05, 3.63) is 23.2 Å². The van der Waals surface area contributed by atoms with Crippen LogP contribution in [0, 0.1) is 0 Å². The third-order valence-corrected chi connectivity index (χ3v) is 4.75. The Hall–Kier alpha value is -2.65. The molecule has 1 fully saturated rings. The molecule has 0 spiro atoms. The fourth-order valence-electron chi connectivity index (χ4n) is 2.58. The van der Waals surface area contributed by atoms with E-state index >= 15 is 0 Å². The molecule has 24 heavy (non-hydrogen) atoms.